The minimum Gasteiger partial charge on any atom is -0.359 e. The Balaban J connectivity index is 2.18. The number of nitriles is 1. The third-order valence-electron chi connectivity index (χ3n) is 4.07. The highest BCUT2D eigenvalue weighted by Gasteiger charge is 2.19. The fraction of sp³-hybridized carbons (Fsp3) is 0.263. The average Bonchev–Trinajstić information content (AvgIpc) is 2.66. The predicted molar refractivity (Wildman–Crippen MR) is 94.6 cm³/mol. The molecule has 0 aliphatic carbocycles. The number of aromatic nitrogens is 1. The second-order valence-electron chi connectivity index (χ2n) is 5.73. The highest BCUT2D eigenvalue weighted by Crippen LogP contribution is 2.21. The van der Waals surface area contributed by atoms with Crippen LogP contribution in [0.5, 0.6) is 0 Å². The van der Waals surface area contributed by atoms with Gasteiger partial charge in [-0.1, -0.05) is 12.1 Å². The molecule has 0 radical (unpaired) electrons. The maximum absolute atomic E-state index is 12.6. The highest BCUT2D eigenvalue weighted by molar-refractivity contribution is 5.95. The topological polar surface area (TPSA) is 86.1 Å². The minimum atomic E-state index is -0.215. The molecule has 0 saturated carbocycles. The number of rotatable bonds is 5. The van der Waals surface area contributed by atoms with E-state index >= 15 is 0 Å². The Morgan fingerprint density at radius 1 is 1.28 bits per heavy atom. The zero-order chi connectivity index (χ0) is 18.4. The molecular formula is C19H20N4O2. The summed E-state index contributed by atoms with van der Waals surface area (Å²) in [6, 6.07) is 12.3. The first-order valence-electron chi connectivity index (χ1n) is 7.91. The summed E-state index contributed by atoms with van der Waals surface area (Å²) in [6.45, 7) is 1.83. The van der Waals surface area contributed by atoms with Gasteiger partial charge in [0.15, 0.2) is 0 Å². The molecule has 128 valence electrons. The van der Waals surface area contributed by atoms with E-state index in [-0.39, 0.29) is 24.3 Å². The van der Waals surface area contributed by atoms with E-state index < -0.39 is 0 Å². The highest BCUT2D eigenvalue weighted by atomic mass is 16.2. The van der Waals surface area contributed by atoms with Gasteiger partial charge in [0.2, 0.25) is 5.91 Å². The molecule has 0 bridgehead atoms. The van der Waals surface area contributed by atoms with Gasteiger partial charge in [-0.3, -0.25) is 14.6 Å². The smallest absolute Gasteiger partial charge is 0.253 e. The zero-order valence-electron chi connectivity index (χ0n) is 14.5. The van der Waals surface area contributed by atoms with Gasteiger partial charge in [0, 0.05) is 43.9 Å². The molecule has 0 saturated heterocycles. The van der Waals surface area contributed by atoms with Crippen LogP contribution in [0.15, 0.2) is 42.6 Å². The summed E-state index contributed by atoms with van der Waals surface area (Å²) in [4.78, 5) is 29.8. The summed E-state index contributed by atoms with van der Waals surface area (Å²) in [5, 5.41) is 11.7. The van der Waals surface area contributed by atoms with Gasteiger partial charge in [-0.05, 0) is 31.2 Å². The van der Waals surface area contributed by atoms with Crippen molar-refractivity contribution >= 4 is 11.8 Å². The van der Waals surface area contributed by atoms with Crippen LogP contribution in [0.2, 0.25) is 0 Å². The largest absolute Gasteiger partial charge is 0.359 e. The fourth-order valence-electron chi connectivity index (χ4n) is 2.41. The summed E-state index contributed by atoms with van der Waals surface area (Å²) in [5.74, 6) is -0.272. The van der Waals surface area contributed by atoms with Crippen LogP contribution < -0.4 is 5.32 Å². The van der Waals surface area contributed by atoms with Gasteiger partial charge in [-0.25, -0.2) is 0 Å². The van der Waals surface area contributed by atoms with E-state index in [2.05, 4.69) is 16.4 Å². The first-order chi connectivity index (χ1) is 12.0. The summed E-state index contributed by atoms with van der Waals surface area (Å²) < 4.78 is 0. The van der Waals surface area contributed by atoms with Gasteiger partial charge in [-0.2, -0.15) is 5.26 Å². The van der Waals surface area contributed by atoms with Gasteiger partial charge >= 0.3 is 0 Å². The van der Waals surface area contributed by atoms with Crippen LogP contribution in [0.1, 0.15) is 29.3 Å². The molecule has 1 N–H and O–H groups in total. The van der Waals surface area contributed by atoms with Crippen molar-refractivity contribution in [2.75, 3.05) is 14.1 Å². The van der Waals surface area contributed by atoms with E-state index in [9.17, 15) is 9.59 Å². The molecule has 1 heterocycles. The molecule has 1 atom stereocenters. The number of pyridine rings is 1. The Bertz CT molecular complexity index is 809. The lowest BCUT2D eigenvalue weighted by Crippen LogP contribution is -2.38. The van der Waals surface area contributed by atoms with Crippen molar-refractivity contribution in [3.8, 4) is 17.3 Å². The third-order valence-corrected chi connectivity index (χ3v) is 4.07. The van der Waals surface area contributed by atoms with Crippen molar-refractivity contribution in [1.82, 2.24) is 15.2 Å². The molecular weight excluding hydrogens is 316 g/mol. The molecule has 6 heteroatoms. The standard InChI is InChI=1S/C19H20N4O2/c1-13(11-17(24)21-2)23(3)19(25)15-8-6-14(7-9-15)18-16(12-20)5-4-10-22-18/h4-10,13H,11H2,1-3H3,(H,21,24)/t13-/m1/s1. The number of benzene rings is 1. The average molecular weight is 336 g/mol. The Hall–Kier alpha value is -3.20. The summed E-state index contributed by atoms with van der Waals surface area (Å²) in [6.07, 6.45) is 1.87. The summed E-state index contributed by atoms with van der Waals surface area (Å²) >= 11 is 0. The Kier molecular flexibility index (Phi) is 5.85. The van der Waals surface area contributed by atoms with Gasteiger partial charge in [-0.15, -0.1) is 0 Å². The van der Waals surface area contributed by atoms with E-state index in [1.54, 1.807) is 61.6 Å². The minimum absolute atomic E-state index is 0.110. The molecule has 1 aromatic carbocycles. The number of carbonyl (C=O) groups excluding carboxylic acids is 2. The Morgan fingerprint density at radius 2 is 1.96 bits per heavy atom. The zero-order valence-corrected chi connectivity index (χ0v) is 14.5. The van der Waals surface area contributed by atoms with Gasteiger partial charge in [0.1, 0.15) is 6.07 Å². The van der Waals surface area contributed by atoms with E-state index in [1.807, 2.05) is 6.92 Å². The molecule has 0 unspecified atom stereocenters. The molecule has 0 fully saturated rings. The number of hydrogen-bond donors (Lipinski definition) is 1. The quantitative estimate of drug-likeness (QED) is 0.907. The number of nitrogens with one attached hydrogen (secondary N) is 1. The van der Waals surface area contributed by atoms with Crippen LogP contribution in [0.3, 0.4) is 0 Å². The van der Waals surface area contributed by atoms with Crippen LogP contribution in [-0.4, -0.2) is 41.8 Å². The molecule has 25 heavy (non-hydrogen) atoms. The fourth-order valence-corrected chi connectivity index (χ4v) is 2.41. The maximum atomic E-state index is 12.6. The SMILES string of the molecule is CNC(=O)C[C@@H](C)N(C)C(=O)c1ccc(-c2ncccc2C#N)cc1. The monoisotopic (exact) mass is 336 g/mol. The maximum Gasteiger partial charge on any atom is 0.253 e. The second-order valence-corrected chi connectivity index (χ2v) is 5.73. The van der Waals surface area contributed by atoms with Crippen molar-refractivity contribution < 1.29 is 9.59 Å². The molecule has 0 spiro atoms. The third kappa shape index (κ3) is 4.21. The number of amides is 2. The molecule has 0 aliphatic rings. The summed E-state index contributed by atoms with van der Waals surface area (Å²) in [7, 11) is 3.25. The van der Waals surface area contributed by atoms with E-state index in [0.29, 0.717) is 16.8 Å². The Labute approximate surface area is 147 Å². The number of hydrogen-bond acceptors (Lipinski definition) is 4. The normalized spacial score (nSPS) is 11.3. The van der Waals surface area contributed by atoms with Gasteiger partial charge in [0.25, 0.3) is 5.91 Å². The van der Waals surface area contributed by atoms with Crippen LogP contribution in [0.25, 0.3) is 11.3 Å². The van der Waals surface area contributed by atoms with Crippen molar-refractivity contribution in [1.29, 1.82) is 5.26 Å². The molecule has 2 amide bonds. The number of nitrogens with zero attached hydrogens (tertiary/aromatic N) is 3. The molecule has 6 nitrogen and oxygen atoms in total. The van der Waals surface area contributed by atoms with Gasteiger partial charge < -0.3 is 10.2 Å². The van der Waals surface area contributed by atoms with Crippen molar-refractivity contribution in [2.45, 2.75) is 19.4 Å². The summed E-state index contributed by atoms with van der Waals surface area (Å²) in [5.41, 5.74) is 2.36. The molecule has 0 aliphatic heterocycles. The van der Waals surface area contributed by atoms with Crippen LogP contribution >= 0.6 is 0 Å². The second kappa shape index (κ2) is 8.06. The number of carbonyl (C=O) groups is 2. The first-order valence-corrected chi connectivity index (χ1v) is 7.91. The lowest BCUT2D eigenvalue weighted by Gasteiger charge is -2.24. The van der Waals surface area contributed by atoms with Crippen LogP contribution in [0, 0.1) is 11.3 Å². The van der Waals surface area contributed by atoms with E-state index in [1.165, 1.54) is 0 Å². The van der Waals surface area contributed by atoms with E-state index in [0.717, 1.165) is 5.56 Å². The lowest BCUT2D eigenvalue weighted by molar-refractivity contribution is -0.121. The first kappa shape index (κ1) is 18.1. The van der Waals surface area contributed by atoms with Crippen molar-refractivity contribution in [2.24, 2.45) is 0 Å². The molecule has 2 aromatic rings. The predicted octanol–water partition coefficient (Wildman–Crippen LogP) is 2.22. The molecule has 1 aromatic heterocycles. The molecule has 2 rings (SSSR count). The lowest BCUT2D eigenvalue weighted by atomic mass is 10.0. The van der Waals surface area contributed by atoms with E-state index in [4.69, 9.17) is 5.26 Å². The Morgan fingerprint density at radius 3 is 2.56 bits per heavy atom. The van der Waals surface area contributed by atoms with Crippen molar-refractivity contribution in [3.63, 3.8) is 0 Å². The van der Waals surface area contributed by atoms with Crippen LogP contribution in [-0.2, 0) is 4.79 Å². The van der Waals surface area contributed by atoms with Crippen molar-refractivity contribution in [3.05, 3.63) is 53.7 Å². The van der Waals surface area contributed by atoms with Crippen LogP contribution in [0.4, 0.5) is 0 Å². The van der Waals surface area contributed by atoms with Gasteiger partial charge in [0.05, 0.1) is 11.3 Å².